The molecular formula is C15H22BrN3OS. The van der Waals surface area contributed by atoms with Crippen LogP contribution in [0.25, 0.3) is 0 Å². The molecule has 0 bridgehead atoms. The fraction of sp³-hybridized carbons (Fsp3) is 0.533. The van der Waals surface area contributed by atoms with Crippen molar-refractivity contribution in [2.24, 2.45) is 0 Å². The van der Waals surface area contributed by atoms with Crippen LogP contribution in [0.2, 0.25) is 0 Å². The summed E-state index contributed by atoms with van der Waals surface area (Å²) < 4.78 is 8.25. The van der Waals surface area contributed by atoms with Crippen molar-refractivity contribution in [1.82, 2.24) is 15.1 Å². The lowest BCUT2D eigenvalue weighted by atomic mass is 10.1. The van der Waals surface area contributed by atoms with Crippen LogP contribution in [0.3, 0.4) is 0 Å². The van der Waals surface area contributed by atoms with Gasteiger partial charge in [0.05, 0.1) is 35.6 Å². The van der Waals surface area contributed by atoms with Crippen molar-refractivity contribution >= 4 is 27.3 Å². The Morgan fingerprint density at radius 3 is 3.05 bits per heavy atom. The predicted molar refractivity (Wildman–Crippen MR) is 90.9 cm³/mol. The smallest absolute Gasteiger partial charge is 0.0696 e. The molecule has 6 heteroatoms. The molecule has 0 aromatic carbocycles. The third kappa shape index (κ3) is 4.64. The molecule has 1 N–H and O–H groups in total. The molecule has 4 nitrogen and oxygen atoms in total. The van der Waals surface area contributed by atoms with Gasteiger partial charge in [-0.05, 0) is 53.7 Å². The number of halogens is 1. The van der Waals surface area contributed by atoms with E-state index < -0.39 is 0 Å². The molecule has 0 aliphatic heterocycles. The number of rotatable bonds is 9. The van der Waals surface area contributed by atoms with Gasteiger partial charge in [-0.3, -0.25) is 4.68 Å². The minimum atomic E-state index is 0.304. The van der Waals surface area contributed by atoms with Crippen LogP contribution in [-0.4, -0.2) is 30.5 Å². The van der Waals surface area contributed by atoms with Gasteiger partial charge in [-0.1, -0.05) is 6.07 Å². The van der Waals surface area contributed by atoms with Crippen LogP contribution in [0, 0.1) is 0 Å². The van der Waals surface area contributed by atoms with E-state index >= 15 is 0 Å². The number of nitrogens with zero attached hydrogens (tertiary/aromatic N) is 2. The van der Waals surface area contributed by atoms with E-state index in [0.29, 0.717) is 12.6 Å². The molecule has 0 saturated heterocycles. The van der Waals surface area contributed by atoms with Gasteiger partial charge >= 0.3 is 0 Å². The number of nitrogens with one attached hydrogen (secondary N) is 1. The second kappa shape index (κ2) is 8.68. The number of hydrogen-bond donors (Lipinski definition) is 1. The van der Waals surface area contributed by atoms with E-state index in [1.165, 1.54) is 10.6 Å². The van der Waals surface area contributed by atoms with Crippen molar-refractivity contribution in [2.45, 2.75) is 31.8 Å². The number of hydrogen-bond acceptors (Lipinski definition) is 4. The zero-order valence-corrected chi connectivity index (χ0v) is 14.9. The van der Waals surface area contributed by atoms with Gasteiger partial charge in [-0.2, -0.15) is 5.10 Å². The van der Waals surface area contributed by atoms with Crippen molar-refractivity contribution in [3.05, 3.63) is 38.8 Å². The number of aryl methyl sites for hydroxylation is 1. The quantitative estimate of drug-likeness (QED) is 0.731. The van der Waals surface area contributed by atoms with E-state index in [-0.39, 0.29) is 0 Å². The SMILES string of the molecule is CNC(CCCc1cccs1)c1c(Br)cnn1CCOC. The van der Waals surface area contributed by atoms with Crippen LogP contribution in [0.1, 0.15) is 29.5 Å². The molecule has 0 aliphatic carbocycles. The molecule has 0 spiro atoms. The molecule has 2 aromatic rings. The molecule has 0 fully saturated rings. The van der Waals surface area contributed by atoms with Gasteiger partial charge < -0.3 is 10.1 Å². The molecule has 21 heavy (non-hydrogen) atoms. The number of ether oxygens (including phenoxy) is 1. The molecule has 116 valence electrons. The van der Waals surface area contributed by atoms with Gasteiger partial charge in [0.2, 0.25) is 0 Å². The molecule has 0 amide bonds. The Bertz CT molecular complexity index is 527. The first-order valence-corrected chi connectivity index (χ1v) is 8.83. The van der Waals surface area contributed by atoms with E-state index in [9.17, 15) is 0 Å². The molecular weight excluding hydrogens is 350 g/mol. The van der Waals surface area contributed by atoms with Crippen molar-refractivity contribution in [3.63, 3.8) is 0 Å². The Balaban J connectivity index is 1.97. The summed E-state index contributed by atoms with van der Waals surface area (Å²) in [7, 11) is 3.73. The normalized spacial score (nSPS) is 12.7. The van der Waals surface area contributed by atoms with E-state index in [2.05, 4.69) is 43.9 Å². The summed E-state index contributed by atoms with van der Waals surface area (Å²) in [5, 5.41) is 9.99. The summed E-state index contributed by atoms with van der Waals surface area (Å²) in [6, 6.07) is 4.63. The van der Waals surface area contributed by atoms with Crippen LogP contribution >= 0.6 is 27.3 Å². The van der Waals surface area contributed by atoms with E-state index in [1.807, 2.05) is 29.3 Å². The Kier molecular flexibility index (Phi) is 6.89. The zero-order chi connectivity index (χ0) is 15.1. The Morgan fingerprint density at radius 2 is 2.38 bits per heavy atom. The topological polar surface area (TPSA) is 39.1 Å². The fourth-order valence-corrected chi connectivity index (χ4v) is 3.75. The molecule has 1 atom stereocenters. The summed E-state index contributed by atoms with van der Waals surface area (Å²) in [6.45, 7) is 1.45. The fourth-order valence-electron chi connectivity index (χ4n) is 2.43. The van der Waals surface area contributed by atoms with Crippen LogP contribution in [0.5, 0.6) is 0 Å². The highest BCUT2D eigenvalue weighted by Crippen LogP contribution is 2.27. The van der Waals surface area contributed by atoms with Crippen molar-refractivity contribution in [2.75, 3.05) is 20.8 Å². The molecule has 0 aliphatic rings. The maximum absolute atomic E-state index is 5.16. The maximum Gasteiger partial charge on any atom is 0.0696 e. The highest BCUT2D eigenvalue weighted by molar-refractivity contribution is 9.10. The predicted octanol–water partition coefficient (Wildman–Crippen LogP) is 3.64. The lowest BCUT2D eigenvalue weighted by molar-refractivity contribution is 0.181. The Morgan fingerprint density at radius 1 is 1.52 bits per heavy atom. The van der Waals surface area contributed by atoms with Gasteiger partial charge in [0.25, 0.3) is 0 Å². The number of aromatic nitrogens is 2. The van der Waals surface area contributed by atoms with E-state index in [4.69, 9.17) is 4.74 Å². The summed E-state index contributed by atoms with van der Waals surface area (Å²) >= 11 is 5.45. The third-order valence-corrected chi connectivity index (χ3v) is 5.06. The summed E-state index contributed by atoms with van der Waals surface area (Å²) in [4.78, 5) is 1.46. The first kappa shape index (κ1) is 16.7. The molecule has 2 aromatic heterocycles. The first-order valence-electron chi connectivity index (χ1n) is 7.16. The monoisotopic (exact) mass is 371 g/mol. The summed E-state index contributed by atoms with van der Waals surface area (Å²) in [6.07, 6.45) is 5.26. The van der Waals surface area contributed by atoms with Crippen molar-refractivity contribution < 1.29 is 4.74 Å². The summed E-state index contributed by atoms with van der Waals surface area (Å²) in [5.41, 5.74) is 1.21. The van der Waals surface area contributed by atoms with Crippen LogP contribution in [0.15, 0.2) is 28.2 Å². The van der Waals surface area contributed by atoms with Crippen molar-refractivity contribution in [3.8, 4) is 0 Å². The minimum absolute atomic E-state index is 0.304. The van der Waals surface area contributed by atoms with Crippen LogP contribution in [-0.2, 0) is 17.7 Å². The maximum atomic E-state index is 5.16. The number of methoxy groups -OCH3 is 1. The van der Waals surface area contributed by atoms with Crippen LogP contribution in [0.4, 0.5) is 0 Å². The lowest BCUT2D eigenvalue weighted by Crippen LogP contribution is -2.22. The van der Waals surface area contributed by atoms with Gasteiger partial charge in [0, 0.05) is 12.0 Å². The first-order chi connectivity index (χ1) is 10.3. The molecule has 1 unspecified atom stereocenters. The lowest BCUT2D eigenvalue weighted by Gasteiger charge is -2.18. The van der Waals surface area contributed by atoms with E-state index in [1.54, 1.807) is 7.11 Å². The largest absolute Gasteiger partial charge is 0.383 e. The molecule has 2 rings (SSSR count). The van der Waals surface area contributed by atoms with Crippen LogP contribution < -0.4 is 5.32 Å². The van der Waals surface area contributed by atoms with E-state index in [0.717, 1.165) is 30.3 Å². The van der Waals surface area contributed by atoms with Gasteiger partial charge in [0.15, 0.2) is 0 Å². The minimum Gasteiger partial charge on any atom is -0.383 e. The zero-order valence-electron chi connectivity index (χ0n) is 12.5. The highest BCUT2D eigenvalue weighted by Gasteiger charge is 2.18. The second-order valence-electron chi connectivity index (χ2n) is 4.91. The Labute approximate surface area is 138 Å². The van der Waals surface area contributed by atoms with Crippen molar-refractivity contribution in [1.29, 1.82) is 0 Å². The summed E-state index contributed by atoms with van der Waals surface area (Å²) in [5.74, 6) is 0. The standard InChI is InChI=1S/C15H22BrN3OS/c1-17-14(7-3-5-12-6-4-10-21-12)15-13(16)11-18-19(15)8-9-20-2/h4,6,10-11,14,17H,3,5,7-9H2,1-2H3. The second-order valence-corrected chi connectivity index (χ2v) is 6.79. The average molecular weight is 372 g/mol. The van der Waals surface area contributed by atoms with Gasteiger partial charge in [0.1, 0.15) is 0 Å². The molecule has 2 heterocycles. The van der Waals surface area contributed by atoms with Gasteiger partial charge in [-0.15, -0.1) is 11.3 Å². The average Bonchev–Trinajstić information content (AvgIpc) is 3.12. The molecule has 0 saturated carbocycles. The highest BCUT2D eigenvalue weighted by atomic mass is 79.9. The molecule has 0 radical (unpaired) electrons. The Hall–Kier alpha value is -0.690. The number of thiophene rings is 1. The third-order valence-electron chi connectivity index (χ3n) is 3.52. The van der Waals surface area contributed by atoms with Gasteiger partial charge in [-0.25, -0.2) is 0 Å².